The van der Waals surface area contributed by atoms with E-state index >= 15 is 0 Å². The van der Waals surface area contributed by atoms with E-state index in [1.165, 1.54) is 5.56 Å². The van der Waals surface area contributed by atoms with Crippen LogP contribution in [0.3, 0.4) is 0 Å². The molecule has 0 bridgehead atoms. The normalized spacial score (nSPS) is 29.1. The van der Waals surface area contributed by atoms with Crippen LogP contribution in [0.1, 0.15) is 37.2 Å². The highest BCUT2D eigenvalue weighted by atomic mass is 35.5. The average Bonchev–Trinajstić information content (AvgIpc) is 3.39. The van der Waals surface area contributed by atoms with Gasteiger partial charge in [-0.15, -0.1) is 12.4 Å². The second-order valence-corrected chi connectivity index (χ2v) is 7.75. The van der Waals surface area contributed by atoms with Gasteiger partial charge in [-0.3, -0.25) is 9.59 Å². The number of nitrogens with one attached hydrogen (secondary N) is 1. The number of amides is 2. The first-order chi connectivity index (χ1) is 12.6. The van der Waals surface area contributed by atoms with E-state index < -0.39 is 6.04 Å². The number of nitrogens with two attached hydrogens (primary N) is 1. The van der Waals surface area contributed by atoms with Crippen molar-refractivity contribution in [2.45, 2.75) is 49.7 Å². The third-order valence-electron chi connectivity index (χ3n) is 5.97. The first-order valence-corrected chi connectivity index (χ1v) is 9.61. The van der Waals surface area contributed by atoms with Gasteiger partial charge in [0.1, 0.15) is 0 Å². The maximum absolute atomic E-state index is 12.5. The van der Waals surface area contributed by atoms with E-state index in [1.807, 2.05) is 23.1 Å². The Balaban J connectivity index is 0.00000210. The summed E-state index contributed by atoms with van der Waals surface area (Å²) in [5, 5.41) is 3.01. The number of carbonyl (C=O) groups is 2. The van der Waals surface area contributed by atoms with Crippen molar-refractivity contribution in [2.24, 2.45) is 11.7 Å². The van der Waals surface area contributed by atoms with Gasteiger partial charge in [-0.05, 0) is 30.7 Å². The van der Waals surface area contributed by atoms with Gasteiger partial charge in [-0.1, -0.05) is 30.3 Å². The standard InChI is InChI=1S/C20H27N3O3.ClH/c21-19(14-6-8-26-9-7-14)20(25)22-15-10-18(24)23(12-15)17-11-16(17)13-4-2-1-3-5-13;/h1-5,14-17,19H,6-12,21H2,(H,22,25);1H. The zero-order valence-electron chi connectivity index (χ0n) is 15.4. The fourth-order valence-electron chi connectivity index (χ4n) is 4.32. The number of benzene rings is 1. The van der Waals surface area contributed by atoms with Gasteiger partial charge in [-0.2, -0.15) is 0 Å². The molecule has 4 unspecified atom stereocenters. The predicted molar refractivity (Wildman–Crippen MR) is 105 cm³/mol. The Kier molecular flexibility index (Phi) is 6.40. The van der Waals surface area contributed by atoms with Crippen molar-refractivity contribution in [2.75, 3.05) is 19.8 Å². The van der Waals surface area contributed by atoms with Gasteiger partial charge in [0.2, 0.25) is 11.8 Å². The number of likely N-dealkylation sites (tertiary alicyclic amines) is 1. The van der Waals surface area contributed by atoms with Crippen LogP contribution >= 0.6 is 12.4 Å². The molecule has 4 atom stereocenters. The molecule has 27 heavy (non-hydrogen) atoms. The highest BCUT2D eigenvalue weighted by molar-refractivity contribution is 5.85. The maximum atomic E-state index is 12.5. The van der Waals surface area contributed by atoms with Crippen LogP contribution in [0, 0.1) is 5.92 Å². The monoisotopic (exact) mass is 393 g/mol. The van der Waals surface area contributed by atoms with Crippen LogP contribution in [-0.4, -0.2) is 54.6 Å². The highest BCUT2D eigenvalue weighted by Gasteiger charge is 2.48. The largest absolute Gasteiger partial charge is 0.381 e. The Labute approximate surface area is 166 Å². The van der Waals surface area contributed by atoms with Gasteiger partial charge in [-0.25, -0.2) is 0 Å². The Bertz CT molecular complexity index is 666. The van der Waals surface area contributed by atoms with Gasteiger partial charge >= 0.3 is 0 Å². The van der Waals surface area contributed by atoms with Gasteiger partial charge < -0.3 is 20.7 Å². The minimum absolute atomic E-state index is 0. The molecule has 3 N–H and O–H groups in total. The van der Waals surface area contributed by atoms with Crippen molar-refractivity contribution < 1.29 is 14.3 Å². The molecule has 0 aromatic heterocycles. The van der Waals surface area contributed by atoms with Crippen molar-refractivity contribution in [3.63, 3.8) is 0 Å². The van der Waals surface area contributed by atoms with Crippen LogP contribution in [0.5, 0.6) is 0 Å². The number of rotatable bonds is 5. The Morgan fingerprint density at radius 1 is 1.22 bits per heavy atom. The van der Waals surface area contributed by atoms with Crippen molar-refractivity contribution in [3.05, 3.63) is 35.9 Å². The van der Waals surface area contributed by atoms with Gasteiger partial charge in [0.05, 0.1) is 12.1 Å². The van der Waals surface area contributed by atoms with E-state index in [0.717, 1.165) is 19.3 Å². The van der Waals surface area contributed by atoms with Crippen molar-refractivity contribution in [3.8, 4) is 0 Å². The molecule has 0 spiro atoms. The summed E-state index contributed by atoms with van der Waals surface area (Å²) in [5.74, 6) is 0.604. The lowest BCUT2D eigenvalue weighted by Gasteiger charge is -2.27. The van der Waals surface area contributed by atoms with Gasteiger partial charge in [0.25, 0.3) is 0 Å². The first kappa shape index (κ1) is 20.1. The van der Waals surface area contributed by atoms with Crippen LogP contribution in [0.15, 0.2) is 30.3 Å². The van der Waals surface area contributed by atoms with E-state index in [0.29, 0.717) is 32.1 Å². The summed E-state index contributed by atoms with van der Waals surface area (Å²) in [7, 11) is 0. The SMILES string of the molecule is Cl.NC(C(=O)NC1CC(=O)N(C2CC2c2ccccc2)C1)C1CCOCC1. The molecule has 4 rings (SSSR count). The summed E-state index contributed by atoms with van der Waals surface area (Å²) in [4.78, 5) is 26.8. The van der Waals surface area contributed by atoms with Crippen LogP contribution < -0.4 is 11.1 Å². The number of halogens is 1. The number of hydrogen-bond acceptors (Lipinski definition) is 4. The second-order valence-electron chi connectivity index (χ2n) is 7.75. The molecule has 1 aliphatic carbocycles. The number of hydrogen-bond donors (Lipinski definition) is 2. The molecular formula is C20H28ClN3O3. The molecule has 1 aromatic carbocycles. The molecule has 2 aliphatic heterocycles. The molecule has 3 aliphatic rings. The molecule has 6 nitrogen and oxygen atoms in total. The molecule has 3 fully saturated rings. The van der Waals surface area contributed by atoms with Crippen LogP contribution in [0.25, 0.3) is 0 Å². The molecule has 148 valence electrons. The molecule has 2 amide bonds. The van der Waals surface area contributed by atoms with E-state index in [1.54, 1.807) is 0 Å². The summed E-state index contributed by atoms with van der Waals surface area (Å²) >= 11 is 0. The lowest BCUT2D eigenvalue weighted by atomic mass is 9.91. The fraction of sp³-hybridized carbons (Fsp3) is 0.600. The third-order valence-corrected chi connectivity index (χ3v) is 5.97. The van der Waals surface area contributed by atoms with Gasteiger partial charge in [0.15, 0.2) is 0 Å². The summed E-state index contributed by atoms with van der Waals surface area (Å²) < 4.78 is 5.33. The summed E-state index contributed by atoms with van der Waals surface area (Å²) in [6, 6.07) is 9.97. The lowest BCUT2D eigenvalue weighted by molar-refractivity contribution is -0.128. The Morgan fingerprint density at radius 2 is 1.93 bits per heavy atom. The zero-order valence-corrected chi connectivity index (χ0v) is 16.2. The van der Waals surface area contributed by atoms with Crippen molar-refractivity contribution >= 4 is 24.2 Å². The lowest BCUT2D eigenvalue weighted by Crippen LogP contribution is -2.50. The molecule has 0 radical (unpaired) electrons. The maximum Gasteiger partial charge on any atom is 0.237 e. The summed E-state index contributed by atoms with van der Waals surface area (Å²) in [6.45, 7) is 1.94. The highest BCUT2D eigenvalue weighted by Crippen LogP contribution is 2.45. The Morgan fingerprint density at radius 3 is 2.63 bits per heavy atom. The molecule has 7 heteroatoms. The van der Waals surface area contributed by atoms with E-state index in [-0.39, 0.29) is 42.2 Å². The fourth-order valence-corrected chi connectivity index (χ4v) is 4.32. The number of nitrogens with zero attached hydrogens (tertiary/aromatic N) is 1. The molecule has 2 heterocycles. The van der Waals surface area contributed by atoms with E-state index in [9.17, 15) is 9.59 Å². The van der Waals surface area contributed by atoms with Crippen LogP contribution in [-0.2, 0) is 14.3 Å². The molecule has 2 saturated heterocycles. The topological polar surface area (TPSA) is 84.7 Å². The summed E-state index contributed by atoms with van der Waals surface area (Å²) in [5.41, 5.74) is 7.43. The summed E-state index contributed by atoms with van der Waals surface area (Å²) in [6.07, 6.45) is 3.04. The second kappa shape index (κ2) is 8.59. The minimum Gasteiger partial charge on any atom is -0.381 e. The number of ether oxygens (including phenoxy) is 1. The van der Waals surface area contributed by atoms with Crippen molar-refractivity contribution in [1.82, 2.24) is 10.2 Å². The quantitative estimate of drug-likeness (QED) is 0.792. The average molecular weight is 394 g/mol. The Hall–Kier alpha value is -1.63. The predicted octanol–water partition coefficient (Wildman–Crippen LogP) is 1.44. The molecule has 1 aromatic rings. The van der Waals surface area contributed by atoms with E-state index in [2.05, 4.69) is 17.4 Å². The van der Waals surface area contributed by atoms with Crippen LogP contribution in [0.2, 0.25) is 0 Å². The van der Waals surface area contributed by atoms with Crippen molar-refractivity contribution in [1.29, 1.82) is 0 Å². The number of carbonyl (C=O) groups excluding carboxylic acids is 2. The van der Waals surface area contributed by atoms with Gasteiger partial charge in [0, 0.05) is 38.1 Å². The smallest absolute Gasteiger partial charge is 0.237 e. The molecular weight excluding hydrogens is 366 g/mol. The van der Waals surface area contributed by atoms with Crippen LogP contribution in [0.4, 0.5) is 0 Å². The molecule has 1 saturated carbocycles. The first-order valence-electron chi connectivity index (χ1n) is 9.61. The third kappa shape index (κ3) is 4.45. The minimum atomic E-state index is -0.513. The zero-order chi connectivity index (χ0) is 18.1. The van der Waals surface area contributed by atoms with E-state index in [4.69, 9.17) is 10.5 Å².